The molecule has 10 heteroatoms. The molecule has 1 unspecified atom stereocenters. The summed E-state index contributed by atoms with van der Waals surface area (Å²) in [7, 11) is -0.171. The van der Waals surface area contributed by atoms with Crippen molar-refractivity contribution in [2.45, 2.75) is 58.5 Å². The average molecular weight is 437 g/mol. The van der Waals surface area contributed by atoms with Crippen LogP contribution in [0.2, 0.25) is 0 Å². The Labute approximate surface area is 178 Å². The highest BCUT2D eigenvalue weighted by Gasteiger charge is 2.36. The van der Waals surface area contributed by atoms with Gasteiger partial charge < -0.3 is 4.90 Å². The van der Waals surface area contributed by atoms with Gasteiger partial charge in [-0.3, -0.25) is 14.2 Å². The molecule has 1 aliphatic heterocycles. The van der Waals surface area contributed by atoms with Gasteiger partial charge in [-0.15, -0.1) is 0 Å². The number of nitrogens with zero attached hydrogens (tertiary/aromatic N) is 6. The number of aromatic nitrogens is 4. The Hall–Kier alpha value is -2.20. The summed E-state index contributed by atoms with van der Waals surface area (Å²) in [5.41, 5.74) is 3.64. The summed E-state index contributed by atoms with van der Waals surface area (Å²) >= 11 is 0. The summed E-state index contributed by atoms with van der Waals surface area (Å²) in [5, 5.41) is 8.58. The van der Waals surface area contributed by atoms with E-state index in [2.05, 4.69) is 10.2 Å². The quantitative estimate of drug-likeness (QED) is 0.686. The summed E-state index contributed by atoms with van der Waals surface area (Å²) in [4.78, 5) is 15.1. The van der Waals surface area contributed by atoms with Crippen LogP contribution in [0.15, 0.2) is 11.1 Å². The minimum atomic E-state index is -3.67. The number of sulfonamides is 1. The molecule has 3 rings (SSSR count). The summed E-state index contributed by atoms with van der Waals surface area (Å²) in [6.45, 7) is 9.63. The van der Waals surface area contributed by atoms with Crippen LogP contribution in [-0.4, -0.2) is 63.2 Å². The number of piperidine rings is 1. The molecule has 9 nitrogen and oxygen atoms in total. The predicted octanol–water partition coefficient (Wildman–Crippen LogP) is 1.62. The normalized spacial score (nSPS) is 18.0. The first-order valence-electron chi connectivity index (χ1n) is 10.3. The highest BCUT2D eigenvalue weighted by molar-refractivity contribution is 7.89. The van der Waals surface area contributed by atoms with Crippen LogP contribution < -0.4 is 0 Å². The number of hydrogen-bond donors (Lipinski definition) is 0. The smallest absolute Gasteiger partial charge is 0.246 e. The van der Waals surface area contributed by atoms with E-state index in [1.807, 2.05) is 25.5 Å². The second-order valence-corrected chi connectivity index (χ2v) is 9.99. The van der Waals surface area contributed by atoms with Crippen molar-refractivity contribution in [3.8, 4) is 0 Å². The van der Waals surface area contributed by atoms with Gasteiger partial charge >= 0.3 is 0 Å². The van der Waals surface area contributed by atoms with Crippen molar-refractivity contribution in [3.05, 3.63) is 28.8 Å². The van der Waals surface area contributed by atoms with Crippen molar-refractivity contribution in [3.63, 3.8) is 0 Å². The first-order chi connectivity index (χ1) is 14.1. The van der Waals surface area contributed by atoms with Crippen molar-refractivity contribution in [1.82, 2.24) is 28.8 Å². The molecule has 1 aliphatic rings. The Morgan fingerprint density at radius 1 is 1.27 bits per heavy atom. The van der Waals surface area contributed by atoms with Gasteiger partial charge in [0, 0.05) is 51.5 Å². The molecule has 2 aromatic heterocycles. The zero-order chi connectivity index (χ0) is 22.2. The van der Waals surface area contributed by atoms with Gasteiger partial charge in [0.25, 0.3) is 0 Å². The van der Waals surface area contributed by atoms with E-state index in [-0.39, 0.29) is 23.3 Å². The molecule has 166 valence electrons. The van der Waals surface area contributed by atoms with Gasteiger partial charge in [0.1, 0.15) is 4.90 Å². The van der Waals surface area contributed by atoms with Gasteiger partial charge in [-0.05, 0) is 40.5 Å². The number of carbonyl (C=O) groups excluding carboxylic acids is 1. The summed E-state index contributed by atoms with van der Waals surface area (Å²) in [6, 6.07) is 0. The standard InChI is InChI=1S/C20H32N6O3S/c1-7-26-15(3)18(14(2)22-26)13-23(5)20(27)17-9-8-10-25(12-17)30(28,29)19-11-21-24(6)16(19)4/h11,17H,7-10,12-13H2,1-6H3. The fourth-order valence-electron chi connectivity index (χ4n) is 4.13. The number of carbonyl (C=O) groups is 1. The second-order valence-electron chi connectivity index (χ2n) is 8.08. The Balaban J connectivity index is 1.74. The predicted molar refractivity (Wildman–Crippen MR) is 113 cm³/mol. The number of rotatable bonds is 6. The molecular formula is C20H32N6O3S. The van der Waals surface area contributed by atoms with Crippen molar-refractivity contribution >= 4 is 15.9 Å². The third-order valence-corrected chi connectivity index (χ3v) is 8.11. The maximum atomic E-state index is 13.1. The topological polar surface area (TPSA) is 93.3 Å². The van der Waals surface area contributed by atoms with E-state index in [9.17, 15) is 13.2 Å². The second kappa shape index (κ2) is 8.50. The number of amides is 1. The molecule has 3 heterocycles. The molecule has 30 heavy (non-hydrogen) atoms. The fourth-order valence-corrected chi connectivity index (χ4v) is 5.84. The third kappa shape index (κ3) is 4.02. The maximum Gasteiger partial charge on any atom is 0.246 e. The summed E-state index contributed by atoms with van der Waals surface area (Å²) in [6.07, 6.45) is 2.74. The fraction of sp³-hybridized carbons (Fsp3) is 0.650. The van der Waals surface area contributed by atoms with Crippen LogP contribution in [-0.2, 0) is 35.0 Å². The van der Waals surface area contributed by atoms with Gasteiger partial charge in [-0.25, -0.2) is 8.42 Å². The molecule has 0 saturated carbocycles. The summed E-state index contributed by atoms with van der Waals surface area (Å²) < 4.78 is 31.1. The van der Waals surface area contributed by atoms with Crippen LogP contribution in [0.5, 0.6) is 0 Å². The highest BCUT2D eigenvalue weighted by Crippen LogP contribution is 2.27. The van der Waals surface area contributed by atoms with Crippen LogP contribution in [0.25, 0.3) is 0 Å². The number of aryl methyl sites for hydroxylation is 3. The van der Waals surface area contributed by atoms with Crippen LogP contribution in [0.3, 0.4) is 0 Å². The van der Waals surface area contributed by atoms with Crippen molar-refractivity contribution in [2.75, 3.05) is 20.1 Å². The van der Waals surface area contributed by atoms with Gasteiger partial charge in [-0.2, -0.15) is 14.5 Å². The Kier molecular flexibility index (Phi) is 6.37. The first-order valence-corrected chi connectivity index (χ1v) is 11.8. The lowest BCUT2D eigenvalue weighted by molar-refractivity contribution is -0.135. The van der Waals surface area contributed by atoms with Crippen molar-refractivity contribution in [2.24, 2.45) is 13.0 Å². The number of hydrogen-bond acceptors (Lipinski definition) is 5. The van der Waals surface area contributed by atoms with E-state index in [0.29, 0.717) is 31.6 Å². The van der Waals surface area contributed by atoms with Crippen LogP contribution >= 0.6 is 0 Å². The van der Waals surface area contributed by atoms with Crippen molar-refractivity contribution in [1.29, 1.82) is 0 Å². The zero-order valence-corrected chi connectivity index (χ0v) is 19.5. The molecule has 2 aromatic rings. The highest BCUT2D eigenvalue weighted by atomic mass is 32.2. The lowest BCUT2D eigenvalue weighted by atomic mass is 9.98. The Morgan fingerprint density at radius 3 is 2.53 bits per heavy atom. The molecule has 0 N–H and O–H groups in total. The van der Waals surface area contributed by atoms with Gasteiger partial charge in [-0.1, -0.05) is 0 Å². The van der Waals surface area contributed by atoms with E-state index < -0.39 is 10.0 Å². The van der Waals surface area contributed by atoms with Gasteiger partial charge in [0.15, 0.2) is 0 Å². The summed E-state index contributed by atoms with van der Waals surface area (Å²) in [5.74, 6) is -0.377. The molecule has 0 bridgehead atoms. The molecule has 0 spiro atoms. The van der Waals surface area contributed by atoms with Gasteiger partial charge in [0.05, 0.1) is 23.5 Å². The van der Waals surface area contributed by atoms with Crippen LogP contribution in [0, 0.1) is 26.7 Å². The van der Waals surface area contributed by atoms with E-state index >= 15 is 0 Å². The van der Waals surface area contributed by atoms with Crippen molar-refractivity contribution < 1.29 is 13.2 Å². The molecule has 0 radical (unpaired) electrons. The minimum absolute atomic E-state index is 0.0270. The molecule has 0 aliphatic carbocycles. The lowest BCUT2D eigenvalue weighted by Crippen LogP contribution is -2.45. The molecule has 1 saturated heterocycles. The van der Waals surface area contributed by atoms with Crippen LogP contribution in [0.4, 0.5) is 0 Å². The SMILES string of the molecule is CCn1nc(C)c(CN(C)C(=O)C2CCCN(S(=O)(=O)c3cnn(C)c3C)C2)c1C. The van der Waals surface area contributed by atoms with Crippen LogP contribution in [0.1, 0.15) is 42.4 Å². The van der Waals surface area contributed by atoms with Gasteiger partial charge in [0.2, 0.25) is 15.9 Å². The largest absolute Gasteiger partial charge is 0.341 e. The molecule has 1 atom stereocenters. The van der Waals surface area contributed by atoms with E-state index in [1.54, 1.807) is 30.6 Å². The first kappa shape index (κ1) is 22.5. The molecule has 1 fully saturated rings. The van der Waals surface area contributed by atoms with E-state index in [1.165, 1.54) is 10.5 Å². The molecule has 0 aromatic carbocycles. The van der Waals surface area contributed by atoms with E-state index in [0.717, 1.165) is 23.5 Å². The zero-order valence-electron chi connectivity index (χ0n) is 18.7. The lowest BCUT2D eigenvalue weighted by Gasteiger charge is -2.33. The molecule has 1 amide bonds. The third-order valence-electron chi connectivity index (χ3n) is 6.14. The Bertz CT molecular complexity index is 1040. The van der Waals surface area contributed by atoms with E-state index in [4.69, 9.17) is 0 Å². The minimum Gasteiger partial charge on any atom is -0.341 e. The molecular weight excluding hydrogens is 404 g/mol. The monoisotopic (exact) mass is 436 g/mol. The average Bonchev–Trinajstić information content (AvgIpc) is 3.20. The maximum absolute atomic E-state index is 13.1. The Morgan fingerprint density at radius 2 is 1.97 bits per heavy atom.